The van der Waals surface area contributed by atoms with Crippen LogP contribution in [0, 0.1) is 6.92 Å². The minimum absolute atomic E-state index is 0. The molecule has 1 aromatic carbocycles. The fourth-order valence-corrected chi connectivity index (χ4v) is 3.53. The largest absolute Gasteiger partial charge is 0.399 e. The van der Waals surface area contributed by atoms with Crippen LogP contribution in [-0.4, -0.2) is 29.7 Å². The van der Waals surface area contributed by atoms with Crippen LogP contribution in [0.1, 0.15) is 11.3 Å². The number of hydrogen-bond acceptors (Lipinski definition) is 5. The van der Waals surface area contributed by atoms with Crippen LogP contribution in [0.15, 0.2) is 41.4 Å². The third kappa shape index (κ3) is 4.09. The Morgan fingerprint density at radius 3 is 2.60 bits per heavy atom. The Morgan fingerprint density at radius 2 is 1.92 bits per heavy atom. The lowest BCUT2D eigenvalue weighted by atomic mass is 10.1. The van der Waals surface area contributed by atoms with E-state index in [-0.39, 0.29) is 17.3 Å². The second kappa shape index (κ2) is 7.38. The Kier molecular flexibility index (Phi) is 5.66. The maximum Gasteiger partial charge on any atom is 0.242 e. The summed E-state index contributed by atoms with van der Waals surface area (Å²) in [6.07, 6.45) is 1.94. The summed E-state index contributed by atoms with van der Waals surface area (Å²) in [5.41, 5.74) is 8.75. The number of nitrogens with one attached hydrogen (secondary N) is 1. The quantitative estimate of drug-likeness (QED) is 0.656. The highest BCUT2D eigenvalue weighted by Gasteiger charge is 2.17. The van der Waals surface area contributed by atoms with Crippen LogP contribution < -0.4 is 10.5 Å². The average Bonchev–Trinajstić information content (AvgIpc) is 2.83. The van der Waals surface area contributed by atoms with E-state index >= 15 is 0 Å². The van der Waals surface area contributed by atoms with Crippen LogP contribution in [0.4, 0.5) is 5.69 Å². The maximum absolute atomic E-state index is 12.4. The van der Waals surface area contributed by atoms with Crippen molar-refractivity contribution in [2.45, 2.75) is 18.2 Å². The Bertz CT molecular complexity index is 984. The first-order valence-corrected chi connectivity index (χ1v) is 8.98. The monoisotopic (exact) mass is 381 g/mol. The standard InChI is InChI=1S/C16H19N5O2S.ClH/c1-11-15-9-14(10-18-16(15)21(2)20-11)24(22,23)19-8-7-12-3-5-13(17)6-4-12;/h3-6,9-10,19H,7-8,17H2,1-2H3;1H. The van der Waals surface area contributed by atoms with Crippen molar-refractivity contribution >= 4 is 39.2 Å². The van der Waals surface area contributed by atoms with E-state index in [4.69, 9.17) is 5.73 Å². The van der Waals surface area contributed by atoms with E-state index < -0.39 is 10.0 Å². The lowest BCUT2D eigenvalue weighted by Gasteiger charge is -2.07. The van der Waals surface area contributed by atoms with Crippen molar-refractivity contribution in [3.63, 3.8) is 0 Å². The van der Waals surface area contributed by atoms with Crippen LogP contribution in [0.2, 0.25) is 0 Å². The van der Waals surface area contributed by atoms with Gasteiger partial charge in [0.25, 0.3) is 0 Å². The molecule has 134 valence electrons. The van der Waals surface area contributed by atoms with Gasteiger partial charge in [-0.05, 0) is 37.1 Å². The molecule has 2 aromatic heterocycles. The number of fused-ring (bicyclic) bond motifs is 1. The lowest BCUT2D eigenvalue weighted by molar-refractivity contribution is 0.581. The number of sulfonamides is 1. The number of nitrogens with two attached hydrogens (primary N) is 1. The van der Waals surface area contributed by atoms with Gasteiger partial charge in [-0.25, -0.2) is 18.1 Å². The van der Waals surface area contributed by atoms with Gasteiger partial charge in [0, 0.05) is 30.9 Å². The number of pyridine rings is 1. The molecule has 0 amide bonds. The molecule has 2 heterocycles. The van der Waals surface area contributed by atoms with Crippen molar-refractivity contribution in [2.24, 2.45) is 7.05 Å². The minimum atomic E-state index is -3.61. The van der Waals surface area contributed by atoms with Gasteiger partial charge < -0.3 is 5.73 Å². The predicted molar refractivity (Wildman–Crippen MR) is 100 cm³/mol. The highest BCUT2D eigenvalue weighted by atomic mass is 35.5. The molecule has 3 N–H and O–H groups in total. The number of hydrogen-bond donors (Lipinski definition) is 2. The first-order valence-electron chi connectivity index (χ1n) is 7.50. The van der Waals surface area contributed by atoms with Gasteiger partial charge in [-0.1, -0.05) is 12.1 Å². The third-order valence-corrected chi connectivity index (χ3v) is 5.26. The van der Waals surface area contributed by atoms with Crippen molar-refractivity contribution in [2.75, 3.05) is 12.3 Å². The average molecular weight is 382 g/mol. The number of rotatable bonds is 5. The number of aryl methyl sites for hydroxylation is 2. The Morgan fingerprint density at radius 1 is 1.24 bits per heavy atom. The van der Waals surface area contributed by atoms with Crippen molar-refractivity contribution in [3.8, 4) is 0 Å². The fraction of sp³-hybridized carbons (Fsp3) is 0.250. The fourth-order valence-electron chi connectivity index (χ4n) is 2.53. The minimum Gasteiger partial charge on any atom is -0.399 e. The number of benzene rings is 1. The summed E-state index contributed by atoms with van der Waals surface area (Å²) in [6, 6.07) is 8.97. The molecule has 0 saturated heterocycles. The molecule has 0 unspecified atom stereocenters. The molecule has 3 rings (SSSR count). The number of nitrogen functional groups attached to an aromatic ring is 1. The molecule has 7 nitrogen and oxygen atoms in total. The smallest absolute Gasteiger partial charge is 0.242 e. The molecular weight excluding hydrogens is 362 g/mol. The summed E-state index contributed by atoms with van der Waals surface area (Å²) in [5.74, 6) is 0. The van der Waals surface area contributed by atoms with Crippen LogP contribution >= 0.6 is 12.4 Å². The van der Waals surface area contributed by atoms with Crippen LogP contribution in [0.3, 0.4) is 0 Å². The van der Waals surface area contributed by atoms with Crippen molar-refractivity contribution in [3.05, 3.63) is 47.8 Å². The zero-order valence-electron chi connectivity index (χ0n) is 13.9. The highest BCUT2D eigenvalue weighted by molar-refractivity contribution is 7.89. The molecule has 0 aliphatic heterocycles. The molecule has 0 spiro atoms. The number of nitrogens with zero attached hydrogens (tertiary/aromatic N) is 3. The Labute approximate surface area is 152 Å². The van der Waals surface area contributed by atoms with Gasteiger partial charge in [0.15, 0.2) is 5.65 Å². The van der Waals surface area contributed by atoms with Gasteiger partial charge in [-0.2, -0.15) is 5.10 Å². The molecule has 0 fully saturated rings. The molecule has 0 saturated carbocycles. The first kappa shape index (κ1) is 19.2. The summed E-state index contributed by atoms with van der Waals surface area (Å²) in [7, 11) is -1.83. The van der Waals surface area contributed by atoms with Gasteiger partial charge in [0.2, 0.25) is 10.0 Å². The van der Waals surface area contributed by atoms with Crippen molar-refractivity contribution in [1.82, 2.24) is 19.5 Å². The number of halogens is 1. The normalized spacial score (nSPS) is 11.4. The van der Waals surface area contributed by atoms with E-state index in [0.717, 1.165) is 16.6 Å². The molecule has 0 aliphatic carbocycles. The lowest BCUT2D eigenvalue weighted by Crippen LogP contribution is -2.26. The van der Waals surface area contributed by atoms with Crippen LogP contribution in [-0.2, 0) is 23.5 Å². The van der Waals surface area contributed by atoms with E-state index in [2.05, 4.69) is 14.8 Å². The van der Waals surface area contributed by atoms with Crippen molar-refractivity contribution < 1.29 is 8.42 Å². The molecule has 0 aliphatic rings. The van der Waals surface area contributed by atoms with Gasteiger partial charge in [-0.3, -0.25) is 4.68 Å². The van der Waals surface area contributed by atoms with Gasteiger partial charge >= 0.3 is 0 Å². The summed E-state index contributed by atoms with van der Waals surface area (Å²) >= 11 is 0. The predicted octanol–water partition coefficient (Wildman–Crippen LogP) is 1.80. The van der Waals surface area contributed by atoms with E-state index in [9.17, 15) is 8.42 Å². The van der Waals surface area contributed by atoms with E-state index in [1.165, 1.54) is 6.20 Å². The second-order valence-corrected chi connectivity index (χ2v) is 7.41. The summed E-state index contributed by atoms with van der Waals surface area (Å²) in [6.45, 7) is 2.13. The van der Waals surface area contributed by atoms with E-state index in [1.807, 2.05) is 19.1 Å². The SMILES string of the molecule is Cc1nn(C)c2ncc(S(=O)(=O)NCCc3ccc(N)cc3)cc12.Cl. The molecule has 0 bridgehead atoms. The zero-order chi connectivity index (χ0) is 17.3. The molecule has 0 radical (unpaired) electrons. The molecule has 0 atom stereocenters. The third-order valence-electron chi connectivity index (χ3n) is 3.83. The van der Waals surface area contributed by atoms with E-state index in [0.29, 0.717) is 24.3 Å². The zero-order valence-corrected chi connectivity index (χ0v) is 15.6. The van der Waals surface area contributed by atoms with E-state index in [1.54, 1.807) is 29.9 Å². The topological polar surface area (TPSA) is 103 Å². The first-order chi connectivity index (χ1) is 11.4. The van der Waals surface area contributed by atoms with Gasteiger partial charge in [0.1, 0.15) is 4.90 Å². The molecular formula is C16H20ClN5O2S. The Hall–Kier alpha value is -2.16. The molecule has 3 aromatic rings. The Balaban J connectivity index is 0.00000225. The number of anilines is 1. The summed E-state index contributed by atoms with van der Waals surface area (Å²) in [4.78, 5) is 4.35. The molecule has 9 heteroatoms. The van der Waals surface area contributed by atoms with Crippen LogP contribution in [0.5, 0.6) is 0 Å². The second-order valence-electron chi connectivity index (χ2n) is 5.64. The van der Waals surface area contributed by atoms with Crippen molar-refractivity contribution in [1.29, 1.82) is 0 Å². The maximum atomic E-state index is 12.4. The highest BCUT2D eigenvalue weighted by Crippen LogP contribution is 2.19. The van der Waals surface area contributed by atoms with Gasteiger partial charge in [-0.15, -0.1) is 12.4 Å². The summed E-state index contributed by atoms with van der Waals surface area (Å²) < 4.78 is 29.1. The summed E-state index contributed by atoms with van der Waals surface area (Å²) in [5, 5.41) is 4.99. The molecule has 25 heavy (non-hydrogen) atoms. The number of aromatic nitrogens is 3. The van der Waals surface area contributed by atoms with Gasteiger partial charge in [0.05, 0.1) is 5.69 Å². The van der Waals surface area contributed by atoms with Crippen LogP contribution in [0.25, 0.3) is 11.0 Å².